The molecule has 19 heavy (non-hydrogen) atoms. The fraction of sp³-hybridized carbons (Fsp3) is 0.600. The Morgan fingerprint density at radius 3 is 2.84 bits per heavy atom. The third kappa shape index (κ3) is 2.07. The predicted molar refractivity (Wildman–Crippen MR) is 70.8 cm³/mol. The molecule has 0 saturated carbocycles. The van der Waals surface area contributed by atoms with Crippen LogP contribution in [0.25, 0.3) is 0 Å². The van der Waals surface area contributed by atoms with E-state index in [1.807, 2.05) is 6.92 Å². The molecular weight excluding hydrogens is 246 g/mol. The Balaban J connectivity index is 1.84. The second-order valence-corrected chi connectivity index (χ2v) is 5.84. The highest BCUT2D eigenvalue weighted by Crippen LogP contribution is 2.38. The summed E-state index contributed by atoms with van der Waals surface area (Å²) in [6, 6.07) is 4.81. The van der Waals surface area contributed by atoms with Crippen molar-refractivity contribution >= 4 is 0 Å². The topological polar surface area (TPSA) is 15.3 Å². The van der Waals surface area contributed by atoms with Crippen LogP contribution in [-0.4, -0.2) is 30.6 Å². The molecule has 2 fully saturated rings. The first-order valence-electron chi connectivity index (χ1n) is 7.00. The highest BCUT2D eigenvalue weighted by Gasteiger charge is 2.43. The monoisotopic (exact) mass is 266 g/mol. The molecule has 0 spiro atoms. The van der Waals surface area contributed by atoms with Crippen molar-refractivity contribution in [2.24, 2.45) is 11.8 Å². The van der Waals surface area contributed by atoms with Crippen LogP contribution in [0.3, 0.4) is 0 Å². The first-order valence-corrected chi connectivity index (χ1v) is 7.00. The van der Waals surface area contributed by atoms with Crippen LogP contribution in [0.5, 0.6) is 0 Å². The molecule has 2 aliphatic rings. The van der Waals surface area contributed by atoms with Crippen molar-refractivity contribution in [3.63, 3.8) is 0 Å². The molecule has 0 amide bonds. The van der Waals surface area contributed by atoms with E-state index in [0.29, 0.717) is 23.4 Å². The molecule has 0 radical (unpaired) electrons. The van der Waals surface area contributed by atoms with Gasteiger partial charge in [-0.3, -0.25) is 4.90 Å². The maximum atomic E-state index is 13.9. The van der Waals surface area contributed by atoms with Gasteiger partial charge in [-0.25, -0.2) is 8.78 Å². The number of nitrogens with zero attached hydrogens (tertiary/aromatic N) is 1. The van der Waals surface area contributed by atoms with Crippen LogP contribution in [0.1, 0.15) is 25.5 Å². The number of hydrogen-bond donors (Lipinski definition) is 1. The van der Waals surface area contributed by atoms with Crippen molar-refractivity contribution in [2.45, 2.75) is 25.9 Å². The summed E-state index contributed by atoms with van der Waals surface area (Å²) in [5.41, 5.74) is 0.472. The molecule has 2 heterocycles. The van der Waals surface area contributed by atoms with Gasteiger partial charge in [0.25, 0.3) is 0 Å². The molecular formula is C15H20F2N2. The maximum Gasteiger partial charge on any atom is 0.163 e. The van der Waals surface area contributed by atoms with Crippen molar-refractivity contribution in [1.82, 2.24) is 10.2 Å². The summed E-state index contributed by atoms with van der Waals surface area (Å²) in [6.45, 7) is 7.23. The van der Waals surface area contributed by atoms with Crippen LogP contribution < -0.4 is 5.32 Å². The third-order valence-electron chi connectivity index (χ3n) is 4.91. The standard InChI is InChI=1S/C15H20F2N2/c1-9(12-4-3-5-14(16)15(12)17)19-8-11-6-18-7-13(11)10(19)2/h3-5,9-11,13,18H,6-8H2,1-2H3. The summed E-state index contributed by atoms with van der Waals surface area (Å²) in [6.07, 6.45) is 0. The fourth-order valence-electron chi connectivity index (χ4n) is 3.73. The highest BCUT2D eigenvalue weighted by atomic mass is 19.2. The zero-order valence-electron chi connectivity index (χ0n) is 11.4. The van der Waals surface area contributed by atoms with Gasteiger partial charge in [0.2, 0.25) is 0 Å². The number of rotatable bonds is 2. The van der Waals surface area contributed by atoms with E-state index in [0.717, 1.165) is 19.6 Å². The van der Waals surface area contributed by atoms with Gasteiger partial charge in [-0.05, 0) is 44.8 Å². The fourth-order valence-corrected chi connectivity index (χ4v) is 3.73. The maximum absolute atomic E-state index is 13.9. The van der Waals surface area contributed by atoms with Crippen LogP contribution >= 0.6 is 0 Å². The smallest absolute Gasteiger partial charge is 0.163 e. The zero-order chi connectivity index (χ0) is 13.6. The zero-order valence-corrected chi connectivity index (χ0v) is 11.4. The van der Waals surface area contributed by atoms with Gasteiger partial charge in [-0.1, -0.05) is 12.1 Å². The van der Waals surface area contributed by atoms with E-state index in [2.05, 4.69) is 17.1 Å². The second-order valence-electron chi connectivity index (χ2n) is 5.84. The molecule has 4 atom stereocenters. The Bertz CT molecular complexity index is 477. The van der Waals surface area contributed by atoms with E-state index in [4.69, 9.17) is 0 Å². The normalized spacial score (nSPS) is 32.5. The number of hydrogen-bond acceptors (Lipinski definition) is 2. The molecule has 2 saturated heterocycles. The first kappa shape index (κ1) is 13.0. The van der Waals surface area contributed by atoms with Crippen molar-refractivity contribution in [3.8, 4) is 0 Å². The van der Waals surface area contributed by atoms with Gasteiger partial charge in [0, 0.05) is 24.2 Å². The average molecular weight is 266 g/mol. The second kappa shape index (κ2) is 4.84. The minimum atomic E-state index is -0.752. The highest BCUT2D eigenvalue weighted by molar-refractivity contribution is 5.23. The van der Waals surface area contributed by atoms with Crippen LogP contribution in [0.2, 0.25) is 0 Å². The number of fused-ring (bicyclic) bond motifs is 1. The summed E-state index contributed by atoms with van der Waals surface area (Å²) in [5.74, 6) is -0.163. The van der Waals surface area contributed by atoms with Gasteiger partial charge < -0.3 is 5.32 Å². The Labute approximate surface area is 112 Å². The summed E-state index contributed by atoms with van der Waals surface area (Å²) in [4.78, 5) is 2.31. The van der Waals surface area contributed by atoms with Crippen LogP contribution in [0.4, 0.5) is 8.78 Å². The molecule has 2 nitrogen and oxygen atoms in total. The van der Waals surface area contributed by atoms with Gasteiger partial charge in [-0.15, -0.1) is 0 Å². The van der Waals surface area contributed by atoms with E-state index < -0.39 is 11.6 Å². The minimum absolute atomic E-state index is 0.0729. The number of benzene rings is 1. The molecule has 1 N–H and O–H groups in total. The van der Waals surface area contributed by atoms with E-state index in [1.165, 1.54) is 6.07 Å². The quantitative estimate of drug-likeness (QED) is 0.885. The number of nitrogens with one attached hydrogen (secondary N) is 1. The Hall–Kier alpha value is -1.00. The van der Waals surface area contributed by atoms with Crippen LogP contribution in [-0.2, 0) is 0 Å². The lowest BCUT2D eigenvalue weighted by Crippen LogP contribution is -2.35. The Kier molecular flexibility index (Phi) is 3.31. The summed E-state index contributed by atoms with van der Waals surface area (Å²) < 4.78 is 27.3. The Morgan fingerprint density at radius 1 is 1.32 bits per heavy atom. The number of halogens is 2. The summed E-state index contributed by atoms with van der Waals surface area (Å²) >= 11 is 0. The van der Waals surface area contributed by atoms with Gasteiger partial charge in [0.15, 0.2) is 11.6 Å². The lowest BCUT2D eigenvalue weighted by molar-refractivity contribution is 0.178. The average Bonchev–Trinajstić information content (AvgIpc) is 2.96. The van der Waals surface area contributed by atoms with E-state index in [9.17, 15) is 8.78 Å². The van der Waals surface area contributed by atoms with Gasteiger partial charge >= 0.3 is 0 Å². The van der Waals surface area contributed by atoms with Crippen molar-refractivity contribution in [3.05, 3.63) is 35.4 Å². The van der Waals surface area contributed by atoms with Crippen molar-refractivity contribution in [2.75, 3.05) is 19.6 Å². The molecule has 3 rings (SSSR count). The van der Waals surface area contributed by atoms with Crippen molar-refractivity contribution < 1.29 is 8.78 Å². The molecule has 104 valence electrons. The van der Waals surface area contributed by atoms with Gasteiger partial charge in [0.05, 0.1) is 0 Å². The molecule has 0 bridgehead atoms. The Morgan fingerprint density at radius 2 is 2.11 bits per heavy atom. The predicted octanol–water partition coefficient (Wildman–Crippen LogP) is 2.57. The summed E-state index contributed by atoms with van der Waals surface area (Å²) in [7, 11) is 0. The molecule has 0 aromatic heterocycles. The van der Waals surface area contributed by atoms with Gasteiger partial charge in [0.1, 0.15) is 0 Å². The first-order chi connectivity index (χ1) is 9.09. The molecule has 4 heteroatoms. The molecule has 1 aromatic rings. The van der Waals surface area contributed by atoms with Crippen LogP contribution in [0.15, 0.2) is 18.2 Å². The lowest BCUT2D eigenvalue weighted by atomic mass is 9.95. The number of likely N-dealkylation sites (tertiary alicyclic amines) is 1. The van der Waals surface area contributed by atoms with E-state index in [1.54, 1.807) is 12.1 Å². The van der Waals surface area contributed by atoms with Crippen LogP contribution in [0, 0.1) is 23.5 Å². The minimum Gasteiger partial charge on any atom is -0.316 e. The molecule has 1 aromatic carbocycles. The lowest BCUT2D eigenvalue weighted by Gasteiger charge is -2.31. The molecule has 4 unspecified atom stereocenters. The van der Waals surface area contributed by atoms with E-state index in [-0.39, 0.29) is 6.04 Å². The third-order valence-corrected chi connectivity index (χ3v) is 4.91. The largest absolute Gasteiger partial charge is 0.316 e. The van der Waals surface area contributed by atoms with Gasteiger partial charge in [-0.2, -0.15) is 0 Å². The molecule has 0 aliphatic carbocycles. The van der Waals surface area contributed by atoms with Crippen molar-refractivity contribution in [1.29, 1.82) is 0 Å². The molecule has 2 aliphatic heterocycles. The summed E-state index contributed by atoms with van der Waals surface area (Å²) in [5, 5.41) is 3.41. The SMILES string of the molecule is CC(c1cccc(F)c1F)N1CC2CNCC2C1C. The van der Waals surface area contributed by atoms with E-state index >= 15 is 0 Å².